The molecule has 1 amide bonds. The molecule has 0 radical (unpaired) electrons. The van der Waals surface area contributed by atoms with Gasteiger partial charge >= 0.3 is 5.97 Å². The first-order valence-corrected chi connectivity index (χ1v) is 8.51. The van der Waals surface area contributed by atoms with Crippen LogP contribution in [-0.4, -0.2) is 71.6 Å². The fraction of sp³-hybridized carbons (Fsp3) is 0.647. The van der Waals surface area contributed by atoms with Crippen LogP contribution in [0.15, 0.2) is 6.20 Å². The highest BCUT2D eigenvalue weighted by atomic mass is 16.4. The van der Waals surface area contributed by atoms with E-state index in [1.54, 1.807) is 11.9 Å². The highest BCUT2D eigenvalue weighted by Crippen LogP contribution is 2.43. The maximum atomic E-state index is 12.1. The number of hydrogen-bond donors (Lipinski definition) is 1. The number of piperidine rings is 1. The van der Waals surface area contributed by atoms with Gasteiger partial charge in [0.2, 0.25) is 11.9 Å². The van der Waals surface area contributed by atoms with E-state index in [0.717, 1.165) is 11.4 Å². The summed E-state index contributed by atoms with van der Waals surface area (Å²) in [5.41, 5.74) is 0.420. The largest absolute Gasteiger partial charge is 0.481 e. The van der Waals surface area contributed by atoms with Gasteiger partial charge in [0.15, 0.2) is 0 Å². The van der Waals surface area contributed by atoms with Crippen LogP contribution in [-0.2, 0) is 9.59 Å². The van der Waals surface area contributed by atoms with Crippen LogP contribution in [0.4, 0.5) is 11.8 Å². The number of aryl methyl sites for hydroxylation is 1. The van der Waals surface area contributed by atoms with Crippen molar-refractivity contribution in [3.63, 3.8) is 0 Å². The molecular weight excluding hydrogens is 322 g/mol. The van der Waals surface area contributed by atoms with Crippen molar-refractivity contribution in [2.24, 2.45) is 5.92 Å². The summed E-state index contributed by atoms with van der Waals surface area (Å²) in [5, 5.41) is 9.55. The molecule has 1 atom stereocenters. The van der Waals surface area contributed by atoms with E-state index in [-0.39, 0.29) is 12.3 Å². The van der Waals surface area contributed by atoms with E-state index in [2.05, 4.69) is 14.9 Å². The van der Waals surface area contributed by atoms with E-state index in [4.69, 9.17) is 0 Å². The van der Waals surface area contributed by atoms with E-state index in [0.29, 0.717) is 31.9 Å². The molecular formula is C17H25N5O3. The SMILES string of the molecule is Cc1cnc(N2CCC3(CC2)C(C(=O)O)CC(=O)N3C)nc1N(C)C. The van der Waals surface area contributed by atoms with Gasteiger partial charge in [-0.05, 0) is 19.8 Å². The van der Waals surface area contributed by atoms with Crippen LogP contribution in [0, 0.1) is 12.8 Å². The summed E-state index contributed by atoms with van der Waals surface area (Å²) in [5.74, 6) is -0.0664. The molecule has 1 aromatic heterocycles. The fourth-order valence-electron chi connectivity index (χ4n) is 4.11. The Morgan fingerprint density at radius 3 is 2.56 bits per heavy atom. The lowest BCUT2D eigenvalue weighted by molar-refractivity contribution is -0.145. The van der Waals surface area contributed by atoms with Crippen molar-refractivity contribution in [1.29, 1.82) is 0 Å². The molecule has 0 aromatic carbocycles. The van der Waals surface area contributed by atoms with Crippen LogP contribution in [0.2, 0.25) is 0 Å². The Morgan fingerprint density at radius 1 is 1.36 bits per heavy atom. The molecule has 3 heterocycles. The minimum atomic E-state index is -0.882. The minimum Gasteiger partial charge on any atom is -0.481 e. The summed E-state index contributed by atoms with van der Waals surface area (Å²) in [6, 6.07) is 0. The van der Waals surface area contributed by atoms with Crippen LogP contribution < -0.4 is 9.80 Å². The van der Waals surface area contributed by atoms with E-state index in [1.165, 1.54) is 0 Å². The van der Waals surface area contributed by atoms with Crippen LogP contribution in [0.25, 0.3) is 0 Å². The standard InChI is InChI=1S/C17H25N5O3/c1-11-10-18-16(19-14(11)20(2)3)22-7-5-17(6-8-22)12(15(24)25)9-13(23)21(17)4/h10,12H,5-9H2,1-4H3,(H,24,25). The summed E-state index contributed by atoms with van der Waals surface area (Å²) < 4.78 is 0. The van der Waals surface area contributed by atoms with Crippen molar-refractivity contribution in [3.8, 4) is 0 Å². The molecule has 0 aliphatic carbocycles. The molecule has 2 aliphatic heterocycles. The first-order valence-electron chi connectivity index (χ1n) is 8.51. The lowest BCUT2D eigenvalue weighted by atomic mass is 9.77. The van der Waals surface area contributed by atoms with E-state index in [9.17, 15) is 14.7 Å². The van der Waals surface area contributed by atoms with Gasteiger partial charge in [0.05, 0.1) is 11.5 Å². The second-order valence-corrected chi connectivity index (χ2v) is 7.21. The second kappa shape index (κ2) is 6.16. The summed E-state index contributed by atoms with van der Waals surface area (Å²) >= 11 is 0. The normalized spacial score (nSPS) is 22.6. The number of rotatable bonds is 3. The molecule has 2 saturated heterocycles. The van der Waals surface area contributed by atoms with Gasteiger partial charge in [0.1, 0.15) is 5.82 Å². The third-order valence-corrected chi connectivity index (χ3v) is 5.64. The lowest BCUT2D eigenvalue weighted by Crippen LogP contribution is -2.56. The molecule has 3 rings (SSSR count). The van der Waals surface area contributed by atoms with Gasteiger partial charge in [-0.25, -0.2) is 4.98 Å². The van der Waals surface area contributed by atoms with Crippen LogP contribution in [0.3, 0.4) is 0 Å². The van der Waals surface area contributed by atoms with Crippen molar-refractivity contribution in [2.75, 3.05) is 44.0 Å². The first kappa shape index (κ1) is 17.4. The summed E-state index contributed by atoms with van der Waals surface area (Å²) in [7, 11) is 5.62. The molecule has 8 heteroatoms. The zero-order valence-electron chi connectivity index (χ0n) is 15.2. The predicted octanol–water partition coefficient (Wildman–Crippen LogP) is 0.753. The van der Waals surface area contributed by atoms with Gasteiger partial charge in [-0.2, -0.15) is 4.98 Å². The lowest BCUT2D eigenvalue weighted by Gasteiger charge is -2.45. The Kier molecular flexibility index (Phi) is 4.30. The Balaban J connectivity index is 1.81. The second-order valence-electron chi connectivity index (χ2n) is 7.21. The van der Waals surface area contributed by atoms with Gasteiger partial charge in [-0.3, -0.25) is 9.59 Å². The smallest absolute Gasteiger partial charge is 0.309 e. The fourth-order valence-corrected chi connectivity index (χ4v) is 4.11. The number of aliphatic carboxylic acids is 1. The monoisotopic (exact) mass is 347 g/mol. The van der Waals surface area contributed by atoms with Crippen LogP contribution in [0.1, 0.15) is 24.8 Å². The summed E-state index contributed by atoms with van der Waals surface area (Å²) in [6.07, 6.45) is 3.13. The van der Waals surface area contributed by atoms with E-state index >= 15 is 0 Å². The molecule has 0 saturated carbocycles. The van der Waals surface area contributed by atoms with Gasteiger partial charge in [0, 0.05) is 52.4 Å². The van der Waals surface area contributed by atoms with E-state index in [1.807, 2.05) is 32.1 Å². The molecule has 2 aliphatic rings. The summed E-state index contributed by atoms with van der Waals surface area (Å²) in [4.78, 5) is 38.5. The predicted molar refractivity (Wildman–Crippen MR) is 93.8 cm³/mol. The maximum absolute atomic E-state index is 12.1. The topological polar surface area (TPSA) is 89.9 Å². The van der Waals surface area contributed by atoms with Crippen molar-refractivity contribution in [3.05, 3.63) is 11.8 Å². The number of hydrogen-bond acceptors (Lipinski definition) is 6. The molecule has 136 valence electrons. The van der Waals surface area contributed by atoms with Crippen molar-refractivity contribution >= 4 is 23.6 Å². The van der Waals surface area contributed by atoms with Gasteiger partial charge in [0.25, 0.3) is 0 Å². The van der Waals surface area contributed by atoms with Gasteiger partial charge < -0.3 is 19.8 Å². The highest BCUT2D eigenvalue weighted by Gasteiger charge is 2.55. The maximum Gasteiger partial charge on any atom is 0.309 e. The van der Waals surface area contributed by atoms with E-state index < -0.39 is 17.4 Å². The number of nitrogens with zero attached hydrogens (tertiary/aromatic N) is 5. The average molecular weight is 347 g/mol. The molecule has 2 fully saturated rings. The zero-order chi connectivity index (χ0) is 18.4. The molecule has 1 spiro atoms. The summed E-state index contributed by atoms with van der Waals surface area (Å²) in [6.45, 7) is 3.25. The average Bonchev–Trinajstić information content (AvgIpc) is 2.81. The number of likely N-dealkylation sites (tertiary alicyclic amines) is 1. The molecule has 1 aromatic rings. The number of anilines is 2. The Hall–Kier alpha value is -2.38. The molecule has 25 heavy (non-hydrogen) atoms. The number of carboxylic acids is 1. The quantitative estimate of drug-likeness (QED) is 0.863. The molecule has 0 bridgehead atoms. The van der Waals surface area contributed by atoms with Crippen molar-refractivity contribution in [1.82, 2.24) is 14.9 Å². The first-order chi connectivity index (χ1) is 11.8. The number of carbonyl (C=O) groups excluding carboxylic acids is 1. The van der Waals surface area contributed by atoms with Gasteiger partial charge in [-0.15, -0.1) is 0 Å². The van der Waals surface area contributed by atoms with Crippen molar-refractivity contribution < 1.29 is 14.7 Å². The molecule has 1 unspecified atom stereocenters. The zero-order valence-corrected chi connectivity index (χ0v) is 15.2. The third-order valence-electron chi connectivity index (χ3n) is 5.64. The van der Waals surface area contributed by atoms with Gasteiger partial charge in [-0.1, -0.05) is 0 Å². The van der Waals surface area contributed by atoms with Crippen molar-refractivity contribution in [2.45, 2.75) is 31.7 Å². The Labute approximate surface area is 147 Å². The molecule has 1 N–H and O–H groups in total. The Morgan fingerprint density at radius 2 is 2.00 bits per heavy atom. The third kappa shape index (κ3) is 2.79. The van der Waals surface area contributed by atoms with Crippen LogP contribution >= 0.6 is 0 Å². The number of aromatic nitrogens is 2. The number of carbonyl (C=O) groups is 2. The number of amides is 1. The minimum absolute atomic E-state index is 0.0812. The van der Waals surface area contributed by atoms with Crippen LogP contribution in [0.5, 0.6) is 0 Å². The molecule has 8 nitrogen and oxygen atoms in total. The number of carboxylic acid groups (broad SMARTS) is 1. The Bertz CT molecular complexity index is 698. The highest BCUT2D eigenvalue weighted by molar-refractivity contribution is 5.88.